The molecule has 0 atom stereocenters. The van der Waals surface area contributed by atoms with Crippen molar-refractivity contribution in [3.05, 3.63) is 71.8 Å². The van der Waals surface area contributed by atoms with Crippen molar-refractivity contribution in [1.29, 1.82) is 0 Å². The lowest BCUT2D eigenvalue weighted by Gasteiger charge is -2.40. The van der Waals surface area contributed by atoms with E-state index in [2.05, 4.69) is 31.2 Å². The Labute approximate surface area is 120 Å². The molecule has 0 unspecified atom stereocenters. The molecular formula is C18H20O2. The maximum atomic E-state index is 6.22. The van der Waals surface area contributed by atoms with Crippen LogP contribution in [0.15, 0.2) is 60.7 Å². The van der Waals surface area contributed by atoms with E-state index in [1.807, 2.05) is 36.4 Å². The summed E-state index contributed by atoms with van der Waals surface area (Å²) in [4.78, 5) is 0. The highest BCUT2D eigenvalue weighted by Gasteiger charge is 2.40. The molecule has 2 aromatic carbocycles. The van der Waals surface area contributed by atoms with Crippen LogP contribution in [-0.4, -0.2) is 13.2 Å². The molecule has 0 N–H and O–H groups in total. The van der Waals surface area contributed by atoms with E-state index in [9.17, 15) is 0 Å². The van der Waals surface area contributed by atoms with E-state index in [0.29, 0.717) is 5.92 Å². The first-order valence-electron chi connectivity index (χ1n) is 7.24. The predicted octanol–water partition coefficient (Wildman–Crippen LogP) is 3.96. The quantitative estimate of drug-likeness (QED) is 0.839. The molecule has 3 rings (SSSR count). The first kappa shape index (κ1) is 13.3. The van der Waals surface area contributed by atoms with Gasteiger partial charge in [-0.15, -0.1) is 0 Å². The van der Waals surface area contributed by atoms with E-state index in [-0.39, 0.29) is 0 Å². The van der Waals surface area contributed by atoms with Crippen molar-refractivity contribution in [3.8, 4) is 0 Å². The van der Waals surface area contributed by atoms with E-state index in [0.717, 1.165) is 30.8 Å². The van der Waals surface area contributed by atoms with Crippen LogP contribution in [0.25, 0.3) is 0 Å². The smallest absolute Gasteiger partial charge is 0.222 e. The molecule has 1 aliphatic rings. The fraction of sp³-hybridized carbons (Fsp3) is 0.333. The molecule has 1 fully saturated rings. The van der Waals surface area contributed by atoms with Crippen molar-refractivity contribution in [1.82, 2.24) is 0 Å². The summed E-state index contributed by atoms with van der Waals surface area (Å²) >= 11 is 0. The number of benzene rings is 2. The lowest BCUT2D eigenvalue weighted by molar-refractivity contribution is -0.267. The van der Waals surface area contributed by atoms with Crippen LogP contribution in [0.3, 0.4) is 0 Å². The highest BCUT2D eigenvalue weighted by Crippen LogP contribution is 2.38. The average molecular weight is 268 g/mol. The normalized spacial score (nSPS) is 18.9. The topological polar surface area (TPSA) is 18.5 Å². The van der Waals surface area contributed by atoms with Crippen LogP contribution in [0.1, 0.15) is 24.5 Å². The van der Waals surface area contributed by atoms with E-state index in [4.69, 9.17) is 9.47 Å². The molecule has 0 saturated carbocycles. The standard InChI is InChI=1S/C18H20O2/c1-2-15-13-19-18(20-14-15,16-9-5-3-6-10-16)17-11-7-4-8-12-17/h3-12,15H,2,13-14H2,1H3. The van der Waals surface area contributed by atoms with Crippen LogP contribution >= 0.6 is 0 Å². The van der Waals surface area contributed by atoms with Gasteiger partial charge in [-0.3, -0.25) is 0 Å². The van der Waals surface area contributed by atoms with Gasteiger partial charge in [0.05, 0.1) is 13.2 Å². The first-order chi connectivity index (χ1) is 9.85. The summed E-state index contributed by atoms with van der Waals surface area (Å²) in [6, 6.07) is 20.4. The van der Waals surface area contributed by atoms with Crippen molar-refractivity contribution in [2.45, 2.75) is 19.1 Å². The lowest BCUT2D eigenvalue weighted by atomic mass is 9.95. The van der Waals surface area contributed by atoms with Gasteiger partial charge in [0.25, 0.3) is 0 Å². The Balaban J connectivity index is 2.01. The largest absolute Gasteiger partial charge is 0.342 e. The van der Waals surface area contributed by atoms with Crippen LogP contribution in [0.2, 0.25) is 0 Å². The Morgan fingerprint density at radius 3 is 1.70 bits per heavy atom. The Morgan fingerprint density at radius 2 is 1.30 bits per heavy atom. The second-order valence-corrected chi connectivity index (χ2v) is 5.24. The molecule has 0 amide bonds. The third kappa shape index (κ3) is 2.37. The van der Waals surface area contributed by atoms with E-state index in [1.54, 1.807) is 0 Å². The van der Waals surface area contributed by atoms with Gasteiger partial charge < -0.3 is 9.47 Å². The number of hydrogen-bond donors (Lipinski definition) is 0. The molecule has 0 bridgehead atoms. The SMILES string of the molecule is CCC1COC(c2ccccc2)(c2ccccc2)OC1. The summed E-state index contributed by atoms with van der Waals surface area (Å²) in [6.07, 6.45) is 1.08. The fourth-order valence-electron chi connectivity index (χ4n) is 2.61. The minimum Gasteiger partial charge on any atom is -0.342 e. The molecule has 104 valence electrons. The predicted molar refractivity (Wildman–Crippen MR) is 79.3 cm³/mol. The molecule has 1 aliphatic heterocycles. The molecule has 0 radical (unpaired) electrons. The van der Waals surface area contributed by atoms with Crippen molar-refractivity contribution >= 4 is 0 Å². The Bertz CT molecular complexity index is 486. The van der Waals surface area contributed by atoms with Crippen LogP contribution < -0.4 is 0 Å². The molecule has 20 heavy (non-hydrogen) atoms. The second-order valence-electron chi connectivity index (χ2n) is 5.24. The van der Waals surface area contributed by atoms with E-state index >= 15 is 0 Å². The molecule has 0 aromatic heterocycles. The third-order valence-corrected chi connectivity index (χ3v) is 3.93. The Hall–Kier alpha value is -1.64. The van der Waals surface area contributed by atoms with Gasteiger partial charge >= 0.3 is 0 Å². The summed E-state index contributed by atoms with van der Waals surface area (Å²) in [5.41, 5.74) is 2.11. The Kier molecular flexibility index (Phi) is 3.86. The minimum atomic E-state index is -0.756. The van der Waals surface area contributed by atoms with Gasteiger partial charge in [0, 0.05) is 17.0 Å². The van der Waals surface area contributed by atoms with Crippen molar-refractivity contribution in [2.75, 3.05) is 13.2 Å². The Morgan fingerprint density at radius 1 is 0.850 bits per heavy atom. The molecule has 0 spiro atoms. The molecule has 0 aliphatic carbocycles. The molecule has 2 nitrogen and oxygen atoms in total. The van der Waals surface area contributed by atoms with Gasteiger partial charge in [-0.05, 0) is 6.42 Å². The van der Waals surface area contributed by atoms with Gasteiger partial charge in [-0.1, -0.05) is 67.6 Å². The summed E-state index contributed by atoms with van der Waals surface area (Å²) in [7, 11) is 0. The highest BCUT2D eigenvalue weighted by atomic mass is 16.7. The van der Waals surface area contributed by atoms with Gasteiger partial charge in [0.2, 0.25) is 5.79 Å². The number of ether oxygens (including phenoxy) is 2. The second kappa shape index (κ2) is 5.78. The molecule has 1 heterocycles. The lowest BCUT2D eigenvalue weighted by Crippen LogP contribution is -2.42. The van der Waals surface area contributed by atoms with E-state index in [1.165, 1.54) is 0 Å². The van der Waals surface area contributed by atoms with Crippen molar-refractivity contribution in [2.24, 2.45) is 5.92 Å². The average Bonchev–Trinajstić information content (AvgIpc) is 2.56. The maximum Gasteiger partial charge on any atom is 0.222 e. The van der Waals surface area contributed by atoms with E-state index < -0.39 is 5.79 Å². The third-order valence-electron chi connectivity index (χ3n) is 3.93. The monoisotopic (exact) mass is 268 g/mol. The zero-order chi connectivity index (χ0) is 13.8. The number of hydrogen-bond acceptors (Lipinski definition) is 2. The minimum absolute atomic E-state index is 0.482. The van der Waals surface area contributed by atoms with Crippen LogP contribution in [0.4, 0.5) is 0 Å². The molecule has 2 heteroatoms. The highest BCUT2D eigenvalue weighted by molar-refractivity contribution is 5.34. The summed E-state index contributed by atoms with van der Waals surface area (Å²) < 4.78 is 12.4. The van der Waals surface area contributed by atoms with Gasteiger partial charge in [0.1, 0.15) is 0 Å². The van der Waals surface area contributed by atoms with Gasteiger partial charge in [0.15, 0.2) is 0 Å². The van der Waals surface area contributed by atoms with Crippen molar-refractivity contribution in [3.63, 3.8) is 0 Å². The maximum absolute atomic E-state index is 6.22. The first-order valence-corrected chi connectivity index (χ1v) is 7.24. The zero-order valence-electron chi connectivity index (χ0n) is 11.8. The molecular weight excluding hydrogens is 248 g/mol. The molecule has 1 saturated heterocycles. The molecule has 2 aromatic rings. The van der Waals surface area contributed by atoms with Crippen LogP contribution in [-0.2, 0) is 15.3 Å². The summed E-state index contributed by atoms with van der Waals surface area (Å²) in [5, 5.41) is 0. The fourth-order valence-corrected chi connectivity index (χ4v) is 2.61. The van der Waals surface area contributed by atoms with Crippen LogP contribution in [0.5, 0.6) is 0 Å². The summed E-state index contributed by atoms with van der Waals surface area (Å²) in [6.45, 7) is 3.65. The van der Waals surface area contributed by atoms with Gasteiger partial charge in [-0.2, -0.15) is 0 Å². The number of rotatable bonds is 3. The van der Waals surface area contributed by atoms with Crippen LogP contribution in [0, 0.1) is 5.92 Å². The summed E-state index contributed by atoms with van der Waals surface area (Å²) in [5.74, 6) is -0.274. The van der Waals surface area contributed by atoms with Gasteiger partial charge in [-0.25, -0.2) is 0 Å². The zero-order valence-corrected chi connectivity index (χ0v) is 11.8. The van der Waals surface area contributed by atoms with Crippen molar-refractivity contribution < 1.29 is 9.47 Å².